The number of hydrogen-bond acceptors (Lipinski definition) is 2. The number of nitrogens with zero attached hydrogens (tertiary/aromatic N) is 1. The van der Waals surface area contributed by atoms with Gasteiger partial charge >= 0.3 is 6.09 Å². The molecule has 3 aliphatic rings. The Morgan fingerprint density at radius 2 is 1.52 bits per heavy atom. The van der Waals surface area contributed by atoms with Crippen LogP contribution in [0.1, 0.15) is 66.7 Å². The Morgan fingerprint density at radius 3 is 2.19 bits per heavy atom. The van der Waals surface area contributed by atoms with Crippen molar-refractivity contribution in [3.8, 4) is 0 Å². The van der Waals surface area contributed by atoms with Crippen molar-refractivity contribution in [1.82, 2.24) is 4.90 Å². The van der Waals surface area contributed by atoms with Crippen molar-refractivity contribution < 1.29 is 9.53 Å². The first-order valence-electron chi connectivity index (χ1n) is 8.79. The van der Waals surface area contributed by atoms with Gasteiger partial charge in [-0.25, -0.2) is 4.79 Å². The van der Waals surface area contributed by atoms with Crippen molar-refractivity contribution in [3.63, 3.8) is 0 Å². The maximum absolute atomic E-state index is 12.6. The van der Waals surface area contributed by atoms with Gasteiger partial charge in [-0.15, -0.1) is 0 Å². The van der Waals surface area contributed by atoms with Crippen molar-refractivity contribution in [2.45, 2.75) is 84.4 Å². The zero-order chi connectivity index (χ0) is 15.4. The maximum atomic E-state index is 12.6. The van der Waals surface area contributed by atoms with Crippen LogP contribution in [0.3, 0.4) is 0 Å². The fraction of sp³-hybridized carbons (Fsp3) is 0.944. The molecule has 1 saturated carbocycles. The van der Waals surface area contributed by atoms with E-state index in [0.717, 1.165) is 23.7 Å². The standard InChI is InChI=1S/C18H31NO2/c1-11-12(2)16-10-14-7-6-13(8-9-15(11)16)19(14)17(20)21-18(3,4)5/h11-16H,6-10H2,1-5H3. The highest BCUT2D eigenvalue weighted by molar-refractivity contribution is 5.69. The number of ether oxygens (including phenoxy) is 1. The molecule has 0 aromatic carbocycles. The fourth-order valence-corrected chi connectivity index (χ4v) is 5.07. The van der Waals surface area contributed by atoms with Crippen LogP contribution in [0.2, 0.25) is 0 Å². The van der Waals surface area contributed by atoms with E-state index in [2.05, 4.69) is 18.7 Å². The predicted octanol–water partition coefficient (Wildman–Crippen LogP) is 4.46. The van der Waals surface area contributed by atoms with Crippen LogP contribution in [0.4, 0.5) is 4.79 Å². The van der Waals surface area contributed by atoms with E-state index in [1.165, 1.54) is 32.1 Å². The molecule has 0 aromatic rings. The van der Waals surface area contributed by atoms with Gasteiger partial charge in [0.2, 0.25) is 0 Å². The number of rotatable bonds is 0. The normalized spacial score (nSPS) is 42.6. The van der Waals surface area contributed by atoms with E-state index in [1.807, 2.05) is 20.8 Å². The number of amides is 1. The number of carbonyl (C=O) groups excluding carboxylic acids is 1. The number of fused-ring (bicyclic) bond motifs is 3. The topological polar surface area (TPSA) is 29.5 Å². The lowest BCUT2D eigenvalue weighted by atomic mass is 9.55. The quantitative estimate of drug-likeness (QED) is 0.660. The van der Waals surface area contributed by atoms with Crippen LogP contribution in [0.25, 0.3) is 0 Å². The van der Waals surface area contributed by atoms with Crippen molar-refractivity contribution in [2.24, 2.45) is 23.7 Å². The second-order valence-electron chi connectivity index (χ2n) is 8.63. The molecule has 0 radical (unpaired) electrons. The van der Waals surface area contributed by atoms with Crippen LogP contribution in [0.15, 0.2) is 0 Å². The van der Waals surface area contributed by atoms with Crippen LogP contribution in [0.5, 0.6) is 0 Å². The SMILES string of the molecule is CC1C(C)C2CC3CCC(CCC12)N3C(=O)OC(C)(C)C. The summed E-state index contributed by atoms with van der Waals surface area (Å²) in [6, 6.07) is 0.849. The summed E-state index contributed by atoms with van der Waals surface area (Å²) in [7, 11) is 0. The van der Waals surface area contributed by atoms with E-state index in [1.54, 1.807) is 0 Å². The molecule has 6 unspecified atom stereocenters. The van der Waals surface area contributed by atoms with Crippen molar-refractivity contribution in [2.75, 3.05) is 0 Å². The summed E-state index contributed by atoms with van der Waals surface area (Å²) in [5.41, 5.74) is -0.389. The van der Waals surface area contributed by atoms with Gasteiger partial charge in [-0.3, -0.25) is 0 Å². The summed E-state index contributed by atoms with van der Waals surface area (Å²) >= 11 is 0. The summed E-state index contributed by atoms with van der Waals surface area (Å²) in [6.45, 7) is 10.7. The first-order valence-corrected chi connectivity index (χ1v) is 8.79. The lowest BCUT2D eigenvalue weighted by Crippen LogP contribution is -2.52. The third kappa shape index (κ3) is 2.68. The third-order valence-electron chi connectivity index (χ3n) is 6.33. The van der Waals surface area contributed by atoms with Gasteiger partial charge in [0.25, 0.3) is 0 Å². The Labute approximate surface area is 129 Å². The molecule has 120 valence electrons. The Morgan fingerprint density at radius 1 is 0.952 bits per heavy atom. The van der Waals surface area contributed by atoms with E-state index < -0.39 is 0 Å². The Bertz CT molecular complexity index is 414. The van der Waals surface area contributed by atoms with Gasteiger partial charge < -0.3 is 9.64 Å². The van der Waals surface area contributed by atoms with Gasteiger partial charge in [0, 0.05) is 12.1 Å². The molecular formula is C18H31NO2. The first-order chi connectivity index (χ1) is 9.78. The lowest BCUT2D eigenvalue weighted by molar-refractivity contribution is -0.0475. The van der Waals surface area contributed by atoms with Gasteiger partial charge in [0.05, 0.1) is 0 Å². The van der Waals surface area contributed by atoms with Crippen LogP contribution in [0, 0.1) is 23.7 Å². The highest BCUT2D eigenvalue weighted by atomic mass is 16.6. The monoisotopic (exact) mass is 293 g/mol. The van der Waals surface area contributed by atoms with E-state index in [0.29, 0.717) is 12.1 Å². The molecule has 0 spiro atoms. The molecule has 1 amide bonds. The summed E-state index contributed by atoms with van der Waals surface area (Å²) in [5, 5.41) is 0. The molecule has 1 aliphatic carbocycles. The zero-order valence-electron chi connectivity index (χ0n) is 14.3. The van der Waals surface area contributed by atoms with E-state index in [9.17, 15) is 4.79 Å². The van der Waals surface area contributed by atoms with Crippen molar-refractivity contribution >= 4 is 6.09 Å². The van der Waals surface area contributed by atoms with Crippen LogP contribution >= 0.6 is 0 Å². The molecule has 3 nitrogen and oxygen atoms in total. The van der Waals surface area contributed by atoms with Crippen molar-refractivity contribution in [3.05, 3.63) is 0 Å². The summed E-state index contributed by atoms with van der Waals surface area (Å²) in [6.07, 6.45) is 5.95. The molecule has 2 aliphatic heterocycles. The first kappa shape index (κ1) is 15.2. The molecule has 2 saturated heterocycles. The van der Waals surface area contributed by atoms with Gasteiger partial charge in [-0.1, -0.05) is 13.8 Å². The average molecular weight is 293 g/mol. The molecule has 2 bridgehead atoms. The fourth-order valence-electron chi connectivity index (χ4n) is 5.07. The molecule has 21 heavy (non-hydrogen) atoms. The molecule has 6 atom stereocenters. The molecule has 2 heterocycles. The molecule has 3 fully saturated rings. The van der Waals surface area contributed by atoms with E-state index >= 15 is 0 Å². The second-order valence-corrected chi connectivity index (χ2v) is 8.63. The van der Waals surface area contributed by atoms with Gasteiger partial charge in [0.15, 0.2) is 0 Å². The van der Waals surface area contributed by atoms with E-state index in [-0.39, 0.29) is 11.7 Å². The molecule has 3 rings (SSSR count). The summed E-state index contributed by atoms with van der Waals surface area (Å²) in [5.74, 6) is 3.44. The summed E-state index contributed by atoms with van der Waals surface area (Å²) < 4.78 is 5.67. The Hall–Kier alpha value is -0.730. The van der Waals surface area contributed by atoms with Crippen LogP contribution in [-0.4, -0.2) is 28.7 Å². The van der Waals surface area contributed by atoms with Gasteiger partial charge in [0.1, 0.15) is 5.60 Å². The van der Waals surface area contributed by atoms with E-state index in [4.69, 9.17) is 4.74 Å². The smallest absolute Gasteiger partial charge is 0.410 e. The largest absolute Gasteiger partial charge is 0.444 e. The number of hydrogen-bond donors (Lipinski definition) is 0. The molecule has 0 aromatic heterocycles. The summed E-state index contributed by atoms with van der Waals surface area (Å²) in [4.78, 5) is 14.7. The highest BCUT2D eigenvalue weighted by Crippen LogP contribution is 2.53. The maximum Gasteiger partial charge on any atom is 0.410 e. The third-order valence-corrected chi connectivity index (χ3v) is 6.33. The second kappa shape index (κ2) is 5.17. The van der Waals surface area contributed by atoms with Gasteiger partial charge in [-0.05, 0) is 76.5 Å². The predicted molar refractivity (Wildman–Crippen MR) is 84.0 cm³/mol. The molecular weight excluding hydrogens is 262 g/mol. The minimum Gasteiger partial charge on any atom is -0.444 e. The zero-order valence-corrected chi connectivity index (χ0v) is 14.3. The van der Waals surface area contributed by atoms with Crippen LogP contribution < -0.4 is 0 Å². The van der Waals surface area contributed by atoms with Gasteiger partial charge in [-0.2, -0.15) is 0 Å². The van der Waals surface area contributed by atoms with Crippen molar-refractivity contribution in [1.29, 1.82) is 0 Å². The molecule has 0 N–H and O–H groups in total. The average Bonchev–Trinajstić information content (AvgIpc) is 2.78. The van der Waals surface area contributed by atoms with Crippen LogP contribution in [-0.2, 0) is 4.74 Å². The highest BCUT2D eigenvalue weighted by Gasteiger charge is 2.50. The molecule has 3 heteroatoms. The Kier molecular flexibility index (Phi) is 3.74. The minimum atomic E-state index is -0.389. The minimum absolute atomic E-state index is 0.0755. The number of carbonyl (C=O) groups is 1. The Balaban J connectivity index is 1.73. The lowest BCUT2D eigenvalue weighted by Gasteiger charge is -2.53.